The molecule has 2 aromatic heterocycles. The van der Waals surface area contributed by atoms with E-state index in [0.717, 1.165) is 54.9 Å². The van der Waals surface area contributed by atoms with E-state index in [0.29, 0.717) is 5.95 Å². The monoisotopic (exact) mass is 376 g/mol. The number of ether oxygens (including phenoxy) is 1. The molecule has 7 nitrogen and oxygen atoms in total. The fourth-order valence-electron chi connectivity index (χ4n) is 3.31. The van der Waals surface area contributed by atoms with Gasteiger partial charge in [-0.25, -0.2) is 9.97 Å². The van der Waals surface area contributed by atoms with Crippen LogP contribution in [0.25, 0.3) is 0 Å². The number of rotatable bonds is 5. The molecule has 0 atom stereocenters. The summed E-state index contributed by atoms with van der Waals surface area (Å²) in [5.74, 6) is 3.36. The standard InChI is InChI=1S/C21H24N6O/c1-16-14-20(25-21(23-16)24-17-6-5-7-18(15-17)28-2)27-12-10-26(11-13-27)19-8-3-4-9-22-19/h3-9,14-15H,10-13H2,1-2H3,(H,23,24,25). The average molecular weight is 376 g/mol. The van der Waals surface area contributed by atoms with Gasteiger partial charge in [0.05, 0.1) is 7.11 Å². The Kier molecular flexibility index (Phi) is 5.23. The number of hydrogen-bond acceptors (Lipinski definition) is 7. The summed E-state index contributed by atoms with van der Waals surface area (Å²) < 4.78 is 5.28. The van der Waals surface area contributed by atoms with Crippen molar-refractivity contribution in [3.05, 3.63) is 60.4 Å². The van der Waals surface area contributed by atoms with Gasteiger partial charge in [-0.3, -0.25) is 0 Å². The molecule has 4 rings (SSSR count). The van der Waals surface area contributed by atoms with E-state index < -0.39 is 0 Å². The maximum Gasteiger partial charge on any atom is 0.229 e. The van der Waals surface area contributed by atoms with Crippen molar-refractivity contribution in [1.82, 2.24) is 15.0 Å². The highest BCUT2D eigenvalue weighted by Crippen LogP contribution is 2.23. The highest BCUT2D eigenvalue weighted by molar-refractivity contribution is 5.58. The molecule has 0 saturated carbocycles. The van der Waals surface area contributed by atoms with Gasteiger partial charge in [-0.1, -0.05) is 12.1 Å². The third kappa shape index (κ3) is 4.14. The summed E-state index contributed by atoms with van der Waals surface area (Å²) in [4.78, 5) is 18.3. The molecule has 0 aliphatic carbocycles. The predicted molar refractivity (Wildman–Crippen MR) is 112 cm³/mol. The van der Waals surface area contributed by atoms with Crippen LogP contribution in [-0.2, 0) is 0 Å². The normalized spacial score (nSPS) is 14.1. The molecule has 3 aromatic rings. The smallest absolute Gasteiger partial charge is 0.229 e. The Bertz CT molecular complexity index is 925. The third-order valence-electron chi connectivity index (χ3n) is 4.74. The predicted octanol–water partition coefficient (Wildman–Crippen LogP) is 3.26. The second kappa shape index (κ2) is 8.12. The van der Waals surface area contributed by atoms with Gasteiger partial charge in [0.15, 0.2) is 0 Å². The average Bonchev–Trinajstić information content (AvgIpc) is 2.74. The number of hydrogen-bond donors (Lipinski definition) is 1. The number of piperazine rings is 1. The first-order chi connectivity index (χ1) is 13.7. The zero-order valence-electron chi connectivity index (χ0n) is 16.2. The molecule has 0 radical (unpaired) electrons. The summed E-state index contributed by atoms with van der Waals surface area (Å²) in [6.07, 6.45) is 1.84. The number of aryl methyl sites for hydroxylation is 1. The van der Waals surface area contributed by atoms with Gasteiger partial charge in [0.1, 0.15) is 17.4 Å². The van der Waals surface area contributed by atoms with Crippen molar-refractivity contribution in [2.24, 2.45) is 0 Å². The Labute approximate surface area is 165 Å². The maximum atomic E-state index is 5.28. The largest absolute Gasteiger partial charge is 0.497 e. The first-order valence-corrected chi connectivity index (χ1v) is 9.39. The van der Waals surface area contributed by atoms with Gasteiger partial charge in [0.2, 0.25) is 5.95 Å². The lowest BCUT2D eigenvalue weighted by atomic mass is 10.3. The molecule has 28 heavy (non-hydrogen) atoms. The first-order valence-electron chi connectivity index (χ1n) is 9.39. The minimum Gasteiger partial charge on any atom is -0.497 e. The van der Waals surface area contributed by atoms with Crippen LogP contribution in [0.15, 0.2) is 54.7 Å². The van der Waals surface area contributed by atoms with Crippen LogP contribution in [0.4, 0.5) is 23.3 Å². The molecule has 1 aromatic carbocycles. The van der Waals surface area contributed by atoms with Crippen molar-refractivity contribution in [2.45, 2.75) is 6.92 Å². The molecule has 0 unspecified atom stereocenters. The molecular formula is C21H24N6O. The van der Waals surface area contributed by atoms with Crippen LogP contribution in [-0.4, -0.2) is 48.2 Å². The Morgan fingerprint density at radius 1 is 0.893 bits per heavy atom. The van der Waals surface area contributed by atoms with Crippen molar-refractivity contribution < 1.29 is 4.74 Å². The fourth-order valence-corrected chi connectivity index (χ4v) is 3.31. The molecular weight excluding hydrogens is 352 g/mol. The summed E-state index contributed by atoms with van der Waals surface area (Å²) in [5.41, 5.74) is 1.83. The van der Waals surface area contributed by atoms with Crippen LogP contribution in [0.2, 0.25) is 0 Å². The maximum absolute atomic E-state index is 5.28. The van der Waals surface area contributed by atoms with E-state index in [-0.39, 0.29) is 0 Å². The minimum absolute atomic E-state index is 0.593. The number of anilines is 4. The van der Waals surface area contributed by atoms with Crippen LogP contribution >= 0.6 is 0 Å². The number of benzene rings is 1. The fraction of sp³-hybridized carbons (Fsp3) is 0.286. The highest BCUT2D eigenvalue weighted by atomic mass is 16.5. The van der Waals surface area contributed by atoms with Crippen LogP contribution in [0.5, 0.6) is 5.75 Å². The number of nitrogens with zero attached hydrogens (tertiary/aromatic N) is 5. The van der Waals surface area contributed by atoms with Gasteiger partial charge in [-0.2, -0.15) is 4.98 Å². The number of aromatic nitrogens is 3. The molecule has 1 fully saturated rings. The van der Waals surface area contributed by atoms with E-state index in [4.69, 9.17) is 9.72 Å². The Morgan fingerprint density at radius 3 is 2.39 bits per heavy atom. The van der Waals surface area contributed by atoms with E-state index >= 15 is 0 Å². The van der Waals surface area contributed by atoms with Crippen LogP contribution in [0.1, 0.15) is 5.69 Å². The van der Waals surface area contributed by atoms with Gasteiger partial charge in [0.25, 0.3) is 0 Å². The zero-order valence-corrected chi connectivity index (χ0v) is 16.2. The summed E-state index contributed by atoms with van der Waals surface area (Å²) in [6.45, 7) is 5.61. The topological polar surface area (TPSA) is 66.4 Å². The lowest BCUT2D eigenvalue weighted by molar-refractivity contribution is 0.415. The SMILES string of the molecule is COc1cccc(Nc2nc(C)cc(N3CCN(c4ccccn4)CC3)n2)c1. The van der Waals surface area contributed by atoms with Crippen molar-refractivity contribution in [1.29, 1.82) is 0 Å². The Morgan fingerprint density at radius 2 is 1.68 bits per heavy atom. The Balaban J connectivity index is 1.47. The van der Waals surface area contributed by atoms with Gasteiger partial charge in [-0.15, -0.1) is 0 Å². The summed E-state index contributed by atoms with van der Waals surface area (Å²) in [7, 11) is 1.66. The van der Waals surface area contributed by atoms with Crippen molar-refractivity contribution >= 4 is 23.3 Å². The van der Waals surface area contributed by atoms with Crippen molar-refractivity contribution in [3.8, 4) is 5.75 Å². The quantitative estimate of drug-likeness (QED) is 0.733. The molecule has 7 heteroatoms. The molecule has 0 bridgehead atoms. The van der Waals surface area contributed by atoms with Crippen molar-refractivity contribution in [2.75, 3.05) is 48.4 Å². The molecule has 3 heterocycles. The van der Waals surface area contributed by atoms with Crippen LogP contribution in [0, 0.1) is 6.92 Å². The van der Waals surface area contributed by atoms with E-state index in [1.165, 1.54) is 0 Å². The Hall–Kier alpha value is -3.35. The van der Waals surface area contributed by atoms with E-state index in [1.807, 2.05) is 55.6 Å². The van der Waals surface area contributed by atoms with Crippen LogP contribution in [0.3, 0.4) is 0 Å². The first kappa shape index (κ1) is 18.0. The van der Waals surface area contributed by atoms with Gasteiger partial charge in [-0.05, 0) is 31.2 Å². The lowest BCUT2D eigenvalue weighted by Gasteiger charge is -2.36. The number of nitrogens with one attached hydrogen (secondary N) is 1. The number of methoxy groups -OCH3 is 1. The van der Waals surface area contributed by atoms with E-state index in [9.17, 15) is 0 Å². The summed E-state index contributed by atoms with van der Waals surface area (Å²) in [6, 6.07) is 15.8. The zero-order chi connectivity index (χ0) is 19.3. The van der Waals surface area contributed by atoms with Gasteiger partial charge in [0, 0.05) is 55.9 Å². The summed E-state index contributed by atoms with van der Waals surface area (Å²) in [5, 5.41) is 3.28. The number of pyridine rings is 1. The second-order valence-electron chi connectivity index (χ2n) is 6.71. The molecule has 1 N–H and O–H groups in total. The molecule has 1 saturated heterocycles. The lowest BCUT2D eigenvalue weighted by Crippen LogP contribution is -2.47. The van der Waals surface area contributed by atoms with E-state index in [1.54, 1.807) is 7.11 Å². The van der Waals surface area contributed by atoms with Crippen molar-refractivity contribution in [3.63, 3.8) is 0 Å². The van der Waals surface area contributed by atoms with Gasteiger partial charge >= 0.3 is 0 Å². The second-order valence-corrected chi connectivity index (χ2v) is 6.71. The molecule has 144 valence electrons. The van der Waals surface area contributed by atoms with Gasteiger partial charge < -0.3 is 19.9 Å². The van der Waals surface area contributed by atoms with E-state index in [2.05, 4.69) is 31.2 Å². The molecule has 0 amide bonds. The molecule has 1 aliphatic heterocycles. The highest BCUT2D eigenvalue weighted by Gasteiger charge is 2.19. The third-order valence-corrected chi connectivity index (χ3v) is 4.74. The van der Waals surface area contributed by atoms with Crippen LogP contribution < -0.4 is 19.9 Å². The molecule has 1 aliphatic rings. The molecule has 0 spiro atoms. The minimum atomic E-state index is 0.593. The summed E-state index contributed by atoms with van der Waals surface area (Å²) >= 11 is 0.